The average Bonchev–Trinajstić information content (AvgIpc) is 3.20. The predicted molar refractivity (Wildman–Crippen MR) is 213 cm³/mol. The summed E-state index contributed by atoms with van der Waals surface area (Å²) in [6.45, 7) is 0. The molecule has 0 nitrogen and oxygen atoms in total. The van der Waals surface area contributed by atoms with Crippen LogP contribution in [-0.2, 0) is 0 Å². The van der Waals surface area contributed by atoms with Gasteiger partial charge in [0.05, 0.1) is 0 Å². The van der Waals surface area contributed by atoms with Gasteiger partial charge in [-0.15, -0.1) is 0 Å². The van der Waals surface area contributed by atoms with Crippen molar-refractivity contribution in [3.63, 3.8) is 0 Å². The van der Waals surface area contributed by atoms with Gasteiger partial charge in [0.2, 0.25) is 0 Å². The SMILES string of the molecule is C1=CC2=c3ccccc3=C(C3=CC(C4C=CCC5C(c6cccc(-c7cc8ccccc8c8ccccc78)c6)=CCCC45)=CCC3)CC2C=C1. The number of hydrogen-bond donors (Lipinski definition) is 0. The van der Waals surface area contributed by atoms with E-state index in [1.807, 2.05) is 0 Å². The van der Waals surface area contributed by atoms with Crippen LogP contribution in [0.15, 0.2) is 169 Å². The molecule has 0 aliphatic heterocycles. The summed E-state index contributed by atoms with van der Waals surface area (Å²) in [6, 6.07) is 38.7. The Morgan fingerprint density at radius 3 is 2.40 bits per heavy atom. The average molecular weight is 643 g/mol. The molecule has 0 spiro atoms. The largest absolute Gasteiger partial charge is 0.0873 e. The van der Waals surface area contributed by atoms with Crippen LogP contribution in [0, 0.1) is 23.7 Å². The second kappa shape index (κ2) is 12.3. The maximum Gasteiger partial charge on any atom is 0.00679 e. The van der Waals surface area contributed by atoms with E-state index in [-0.39, 0.29) is 0 Å². The zero-order valence-corrected chi connectivity index (χ0v) is 28.6. The summed E-state index contributed by atoms with van der Waals surface area (Å²) in [5, 5.41) is 8.16. The zero-order valence-electron chi connectivity index (χ0n) is 28.6. The molecule has 0 amide bonds. The Morgan fingerprint density at radius 1 is 0.640 bits per heavy atom. The maximum atomic E-state index is 2.61. The molecule has 0 bridgehead atoms. The minimum Gasteiger partial charge on any atom is -0.0873 e. The highest BCUT2D eigenvalue weighted by Gasteiger charge is 2.37. The molecule has 10 rings (SSSR count). The van der Waals surface area contributed by atoms with E-state index in [2.05, 4.69) is 158 Å². The standard InChI is InChI=1S/C50H42/c1-3-19-39-37(13-1)31-49(47-23-7-5-21-43(39)47)35-17-9-15-33(29-35)41-25-11-28-46-42(26-12-27-45(41)46)34-16-10-18-36(30-34)50-32-38-14-2-4-20-40(38)44-22-6-8-24-48(44)50/h1-9,12-17,19-26,29-31,38,42,45-46H,10-11,18,27-28,32H2. The van der Waals surface area contributed by atoms with Gasteiger partial charge >= 0.3 is 0 Å². The van der Waals surface area contributed by atoms with E-state index in [0.29, 0.717) is 23.7 Å². The van der Waals surface area contributed by atoms with Gasteiger partial charge in [-0.1, -0.05) is 146 Å². The zero-order chi connectivity index (χ0) is 33.0. The molecule has 4 atom stereocenters. The first-order chi connectivity index (χ1) is 24.8. The molecular formula is C50H42. The van der Waals surface area contributed by atoms with E-state index in [1.54, 1.807) is 22.3 Å². The highest BCUT2D eigenvalue weighted by molar-refractivity contribution is 6.13. The lowest BCUT2D eigenvalue weighted by Crippen LogP contribution is -2.35. The van der Waals surface area contributed by atoms with E-state index in [9.17, 15) is 0 Å². The van der Waals surface area contributed by atoms with E-state index >= 15 is 0 Å². The van der Waals surface area contributed by atoms with Gasteiger partial charge in [-0.05, 0) is 139 Å². The molecule has 5 aliphatic carbocycles. The fraction of sp³-hybridized carbons (Fsp3) is 0.200. The van der Waals surface area contributed by atoms with Crippen LogP contribution in [0.5, 0.6) is 0 Å². The Kier molecular flexibility index (Phi) is 7.30. The third kappa shape index (κ3) is 4.96. The lowest BCUT2D eigenvalue weighted by atomic mass is 9.64. The summed E-state index contributed by atoms with van der Waals surface area (Å²) in [5.41, 5.74) is 11.8. The van der Waals surface area contributed by atoms with E-state index in [1.165, 1.54) is 60.7 Å². The number of allylic oxidation sites excluding steroid dienone is 12. The van der Waals surface area contributed by atoms with Gasteiger partial charge in [0.15, 0.2) is 0 Å². The summed E-state index contributed by atoms with van der Waals surface area (Å²) in [5.74, 6) is 2.12. The Balaban J connectivity index is 0.994. The number of benzene rings is 5. The van der Waals surface area contributed by atoms with Crippen LogP contribution in [0.1, 0.15) is 44.1 Å². The van der Waals surface area contributed by atoms with Crippen LogP contribution in [0.2, 0.25) is 0 Å². The van der Waals surface area contributed by atoms with Crippen molar-refractivity contribution >= 4 is 38.3 Å². The molecule has 0 fully saturated rings. The van der Waals surface area contributed by atoms with Gasteiger partial charge in [-0.25, -0.2) is 0 Å². The summed E-state index contributed by atoms with van der Waals surface area (Å²) >= 11 is 0. The first-order valence-corrected chi connectivity index (χ1v) is 18.8. The smallest absolute Gasteiger partial charge is 0.00679 e. The van der Waals surface area contributed by atoms with Gasteiger partial charge in [0, 0.05) is 11.8 Å². The van der Waals surface area contributed by atoms with Crippen LogP contribution in [0.4, 0.5) is 0 Å². The molecule has 0 saturated heterocycles. The van der Waals surface area contributed by atoms with Crippen LogP contribution in [-0.4, -0.2) is 0 Å². The Morgan fingerprint density at radius 2 is 1.46 bits per heavy atom. The summed E-state index contributed by atoms with van der Waals surface area (Å²) in [4.78, 5) is 0. The summed E-state index contributed by atoms with van der Waals surface area (Å²) in [6.07, 6.45) is 28.9. The lowest BCUT2D eigenvalue weighted by molar-refractivity contribution is 0.300. The van der Waals surface area contributed by atoms with Gasteiger partial charge in [0.1, 0.15) is 0 Å². The molecule has 242 valence electrons. The molecule has 0 N–H and O–H groups in total. The predicted octanol–water partition coefficient (Wildman–Crippen LogP) is 11.4. The third-order valence-corrected chi connectivity index (χ3v) is 12.3. The fourth-order valence-electron chi connectivity index (χ4n) is 9.99. The quantitative estimate of drug-likeness (QED) is 0.135. The summed E-state index contributed by atoms with van der Waals surface area (Å²) in [7, 11) is 0. The van der Waals surface area contributed by atoms with Crippen LogP contribution in [0.25, 0.3) is 49.4 Å². The molecule has 0 aromatic heterocycles. The minimum absolute atomic E-state index is 0.472. The van der Waals surface area contributed by atoms with E-state index in [4.69, 9.17) is 0 Å². The number of fused-ring (bicyclic) bond motifs is 6. The molecule has 50 heavy (non-hydrogen) atoms. The van der Waals surface area contributed by atoms with Gasteiger partial charge in [-0.2, -0.15) is 0 Å². The van der Waals surface area contributed by atoms with Crippen LogP contribution in [0.3, 0.4) is 0 Å². The van der Waals surface area contributed by atoms with Crippen LogP contribution < -0.4 is 10.4 Å². The van der Waals surface area contributed by atoms with Gasteiger partial charge in [0.25, 0.3) is 0 Å². The molecule has 0 heterocycles. The third-order valence-electron chi connectivity index (χ3n) is 12.3. The molecule has 5 aromatic carbocycles. The Hall–Kier alpha value is -5.20. The van der Waals surface area contributed by atoms with Crippen molar-refractivity contribution < 1.29 is 0 Å². The monoisotopic (exact) mass is 642 g/mol. The normalized spacial score (nSPS) is 24.0. The maximum absolute atomic E-state index is 2.61. The highest BCUT2D eigenvalue weighted by Crippen LogP contribution is 2.49. The van der Waals surface area contributed by atoms with Crippen molar-refractivity contribution in [1.29, 1.82) is 0 Å². The molecule has 5 aliphatic rings. The highest BCUT2D eigenvalue weighted by atomic mass is 14.4. The van der Waals surface area contributed by atoms with Gasteiger partial charge in [-0.3, -0.25) is 0 Å². The second-order valence-corrected chi connectivity index (χ2v) is 14.9. The minimum atomic E-state index is 0.472. The second-order valence-electron chi connectivity index (χ2n) is 14.9. The molecule has 4 unspecified atom stereocenters. The Labute approximate surface area is 295 Å². The van der Waals surface area contributed by atoms with Crippen molar-refractivity contribution in [2.24, 2.45) is 23.7 Å². The summed E-state index contributed by atoms with van der Waals surface area (Å²) < 4.78 is 0. The first-order valence-electron chi connectivity index (χ1n) is 18.8. The van der Waals surface area contributed by atoms with Crippen molar-refractivity contribution in [1.82, 2.24) is 0 Å². The molecular weight excluding hydrogens is 601 g/mol. The van der Waals surface area contributed by atoms with E-state index < -0.39 is 0 Å². The molecule has 0 radical (unpaired) electrons. The van der Waals surface area contributed by atoms with Gasteiger partial charge < -0.3 is 0 Å². The fourth-order valence-corrected chi connectivity index (χ4v) is 9.99. The van der Waals surface area contributed by atoms with Crippen molar-refractivity contribution in [2.75, 3.05) is 0 Å². The van der Waals surface area contributed by atoms with Crippen molar-refractivity contribution in [3.05, 3.63) is 185 Å². The molecule has 0 saturated carbocycles. The topological polar surface area (TPSA) is 0 Å². The van der Waals surface area contributed by atoms with E-state index in [0.717, 1.165) is 32.1 Å². The first kappa shape index (κ1) is 29.7. The van der Waals surface area contributed by atoms with Crippen molar-refractivity contribution in [2.45, 2.75) is 38.5 Å². The lowest BCUT2D eigenvalue weighted by Gasteiger charge is -2.40. The Bertz CT molecular complexity index is 2510. The van der Waals surface area contributed by atoms with Crippen molar-refractivity contribution in [3.8, 4) is 11.1 Å². The molecule has 5 aromatic rings. The number of rotatable bonds is 4. The van der Waals surface area contributed by atoms with Crippen LogP contribution >= 0.6 is 0 Å². The number of hydrogen-bond acceptors (Lipinski definition) is 0. The molecule has 0 heteroatoms.